The maximum absolute atomic E-state index is 12.3. The van der Waals surface area contributed by atoms with Crippen molar-refractivity contribution in [2.75, 3.05) is 13.2 Å². The van der Waals surface area contributed by atoms with Gasteiger partial charge < -0.3 is 14.4 Å². The van der Waals surface area contributed by atoms with Crippen molar-refractivity contribution in [2.24, 2.45) is 0 Å². The van der Waals surface area contributed by atoms with Gasteiger partial charge in [-0.2, -0.15) is 0 Å². The van der Waals surface area contributed by atoms with Gasteiger partial charge in [0.2, 0.25) is 0 Å². The molecule has 0 saturated carbocycles. The van der Waals surface area contributed by atoms with E-state index in [4.69, 9.17) is 21.1 Å². The van der Waals surface area contributed by atoms with E-state index in [2.05, 4.69) is 9.97 Å². The van der Waals surface area contributed by atoms with Crippen molar-refractivity contribution in [1.29, 1.82) is 0 Å². The molecule has 128 valence electrons. The summed E-state index contributed by atoms with van der Waals surface area (Å²) in [5, 5.41) is 0.473. The third-order valence-corrected chi connectivity index (χ3v) is 3.73. The van der Waals surface area contributed by atoms with Gasteiger partial charge in [-0.15, -0.1) is 0 Å². The molecule has 2 heterocycles. The number of aromatic nitrogens is 2. The molecule has 23 heavy (non-hydrogen) atoms. The van der Waals surface area contributed by atoms with Crippen molar-refractivity contribution < 1.29 is 14.3 Å². The molecule has 1 fully saturated rings. The first-order valence-electron chi connectivity index (χ1n) is 7.95. The zero-order chi connectivity index (χ0) is 16.9. The van der Waals surface area contributed by atoms with Crippen LogP contribution in [-0.4, -0.2) is 45.8 Å². The number of nitrogens with zero attached hydrogens (tertiary/aromatic N) is 3. The van der Waals surface area contributed by atoms with Crippen molar-refractivity contribution >= 4 is 17.7 Å². The maximum atomic E-state index is 12.3. The number of ether oxygens (including phenoxy) is 2. The highest BCUT2D eigenvalue weighted by molar-refractivity contribution is 6.30. The average Bonchev–Trinajstić information content (AvgIpc) is 2.48. The summed E-state index contributed by atoms with van der Waals surface area (Å²) < 4.78 is 11.0. The first kappa shape index (κ1) is 17.8. The van der Waals surface area contributed by atoms with Crippen molar-refractivity contribution in [1.82, 2.24) is 14.9 Å². The van der Waals surface area contributed by atoms with Gasteiger partial charge in [0, 0.05) is 19.0 Å². The van der Waals surface area contributed by atoms with Crippen LogP contribution < -0.4 is 4.74 Å². The van der Waals surface area contributed by atoms with E-state index in [-0.39, 0.29) is 12.1 Å². The number of carbonyl (C=O) groups excluding carboxylic acids is 1. The zero-order valence-electron chi connectivity index (χ0n) is 13.9. The van der Waals surface area contributed by atoms with E-state index in [9.17, 15) is 4.79 Å². The van der Waals surface area contributed by atoms with Crippen LogP contribution in [0.1, 0.15) is 46.5 Å². The van der Waals surface area contributed by atoms with Gasteiger partial charge in [-0.05, 0) is 40.0 Å². The van der Waals surface area contributed by atoms with Crippen LogP contribution >= 0.6 is 11.6 Å². The molecule has 2 rings (SSSR count). The number of hydrogen-bond donors (Lipinski definition) is 0. The summed E-state index contributed by atoms with van der Waals surface area (Å²) in [6, 6.07) is 0.430. The van der Waals surface area contributed by atoms with E-state index < -0.39 is 5.60 Å². The lowest BCUT2D eigenvalue weighted by Gasteiger charge is -2.36. The van der Waals surface area contributed by atoms with Gasteiger partial charge in [-0.25, -0.2) is 14.8 Å². The molecule has 1 aromatic heterocycles. The third-order valence-electron chi connectivity index (χ3n) is 3.53. The number of carbonyl (C=O) groups is 1. The van der Waals surface area contributed by atoms with E-state index >= 15 is 0 Å². The number of amides is 1. The van der Waals surface area contributed by atoms with Gasteiger partial charge in [0.25, 0.3) is 0 Å². The van der Waals surface area contributed by atoms with E-state index in [1.54, 1.807) is 0 Å². The molecule has 1 amide bonds. The van der Waals surface area contributed by atoms with Gasteiger partial charge in [0.05, 0.1) is 24.0 Å². The van der Waals surface area contributed by atoms with Gasteiger partial charge in [-0.3, -0.25) is 0 Å². The summed E-state index contributed by atoms with van der Waals surface area (Å²) in [6.07, 6.45) is 6.56. The fraction of sp³-hybridized carbons (Fsp3) is 0.688. The largest absolute Gasteiger partial charge is 0.463 e. The van der Waals surface area contributed by atoms with Crippen LogP contribution in [0.25, 0.3) is 0 Å². The van der Waals surface area contributed by atoms with Crippen LogP contribution in [0.2, 0.25) is 5.02 Å². The Kier molecular flexibility index (Phi) is 6.04. The molecular weight excluding hydrogens is 318 g/mol. The van der Waals surface area contributed by atoms with Crippen LogP contribution in [0.3, 0.4) is 0 Å². The minimum absolute atomic E-state index is 0.130. The molecule has 6 nitrogen and oxygen atoms in total. The Bertz CT molecular complexity index is 516. The van der Waals surface area contributed by atoms with E-state index in [1.807, 2.05) is 25.7 Å². The molecular formula is C16H24ClN3O3. The molecule has 1 saturated heterocycles. The second-order valence-corrected chi connectivity index (χ2v) is 7.08. The molecule has 0 N–H and O–H groups in total. The number of likely N-dealkylation sites (tertiary alicyclic amines) is 1. The smallest absolute Gasteiger partial charge is 0.410 e. The molecule has 0 aliphatic carbocycles. The SMILES string of the molecule is CC(C)(C)OC(=O)N1CCCC[C@@H]1CCOc1ncc(Cl)cn1. The Morgan fingerprint density at radius 2 is 2.04 bits per heavy atom. The molecule has 1 aliphatic rings. The molecule has 0 bridgehead atoms. The van der Waals surface area contributed by atoms with Crippen LogP contribution in [0, 0.1) is 0 Å². The molecule has 0 radical (unpaired) electrons. The molecule has 1 aliphatic heterocycles. The van der Waals surface area contributed by atoms with Crippen molar-refractivity contribution in [3.63, 3.8) is 0 Å². The fourth-order valence-electron chi connectivity index (χ4n) is 2.52. The quantitative estimate of drug-likeness (QED) is 0.835. The molecule has 0 aromatic carbocycles. The monoisotopic (exact) mass is 341 g/mol. The number of hydrogen-bond acceptors (Lipinski definition) is 5. The fourth-order valence-corrected chi connectivity index (χ4v) is 2.62. The summed E-state index contributed by atoms with van der Waals surface area (Å²) in [6.45, 7) is 6.82. The van der Waals surface area contributed by atoms with E-state index in [0.29, 0.717) is 17.6 Å². The summed E-state index contributed by atoms with van der Waals surface area (Å²) in [5.74, 6) is 0. The molecule has 0 spiro atoms. The van der Waals surface area contributed by atoms with E-state index in [0.717, 1.165) is 32.2 Å². The summed E-state index contributed by atoms with van der Waals surface area (Å²) in [4.78, 5) is 22.1. The minimum atomic E-state index is -0.479. The van der Waals surface area contributed by atoms with Crippen molar-refractivity contribution in [3.8, 4) is 6.01 Å². The maximum Gasteiger partial charge on any atom is 0.410 e. The number of halogens is 1. The molecule has 1 atom stereocenters. The Hall–Kier alpha value is -1.56. The van der Waals surface area contributed by atoms with Crippen LogP contribution in [0.15, 0.2) is 12.4 Å². The Morgan fingerprint density at radius 1 is 1.35 bits per heavy atom. The summed E-state index contributed by atoms with van der Waals surface area (Å²) in [7, 11) is 0. The first-order valence-corrected chi connectivity index (χ1v) is 8.33. The Labute approximate surface area is 142 Å². The lowest BCUT2D eigenvalue weighted by atomic mass is 10.0. The zero-order valence-corrected chi connectivity index (χ0v) is 14.7. The van der Waals surface area contributed by atoms with Crippen molar-refractivity contribution in [3.05, 3.63) is 17.4 Å². The van der Waals surface area contributed by atoms with Crippen LogP contribution in [-0.2, 0) is 4.74 Å². The molecule has 1 aromatic rings. The first-order chi connectivity index (χ1) is 10.8. The lowest BCUT2D eigenvalue weighted by molar-refractivity contribution is 0.00732. The molecule has 0 unspecified atom stereocenters. The van der Waals surface area contributed by atoms with Gasteiger partial charge in [0.15, 0.2) is 0 Å². The van der Waals surface area contributed by atoms with Crippen LogP contribution in [0.5, 0.6) is 6.01 Å². The van der Waals surface area contributed by atoms with Crippen LogP contribution in [0.4, 0.5) is 4.79 Å². The van der Waals surface area contributed by atoms with Gasteiger partial charge in [0.1, 0.15) is 5.60 Å². The highest BCUT2D eigenvalue weighted by Crippen LogP contribution is 2.22. The minimum Gasteiger partial charge on any atom is -0.463 e. The third kappa shape index (κ3) is 5.86. The van der Waals surface area contributed by atoms with E-state index in [1.165, 1.54) is 12.4 Å². The normalized spacial score (nSPS) is 18.6. The standard InChI is InChI=1S/C16H24ClN3O3/c1-16(2,3)23-15(21)20-8-5-4-6-13(20)7-9-22-14-18-10-12(17)11-19-14/h10-11,13H,4-9H2,1-3H3/t13-/m1/s1. The number of rotatable bonds is 4. The second-order valence-electron chi connectivity index (χ2n) is 6.64. The second kappa shape index (κ2) is 7.81. The highest BCUT2D eigenvalue weighted by Gasteiger charge is 2.30. The Balaban J connectivity index is 1.86. The highest BCUT2D eigenvalue weighted by atomic mass is 35.5. The Morgan fingerprint density at radius 3 is 2.70 bits per heavy atom. The lowest BCUT2D eigenvalue weighted by Crippen LogP contribution is -2.46. The predicted molar refractivity (Wildman–Crippen MR) is 87.7 cm³/mol. The predicted octanol–water partition coefficient (Wildman–Crippen LogP) is 3.69. The number of piperidine rings is 1. The summed E-state index contributed by atoms with van der Waals surface area (Å²) in [5.41, 5.74) is -0.479. The molecule has 7 heteroatoms. The topological polar surface area (TPSA) is 64.5 Å². The average molecular weight is 342 g/mol. The van der Waals surface area contributed by atoms with Crippen molar-refractivity contribution in [2.45, 2.75) is 58.1 Å². The summed E-state index contributed by atoms with van der Waals surface area (Å²) >= 11 is 5.74. The van der Waals surface area contributed by atoms with Gasteiger partial charge >= 0.3 is 12.1 Å². The van der Waals surface area contributed by atoms with Gasteiger partial charge in [-0.1, -0.05) is 11.6 Å².